The van der Waals surface area contributed by atoms with Crippen molar-refractivity contribution in [3.05, 3.63) is 28.2 Å². The van der Waals surface area contributed by atoms with E-state index in [0.29, 0.717) is 5.75 Å². The molecule has 1 N–H and O–H groups in total. The second-order valence-electron chi connectivity index (χ2n) is 3.99. The summed E-state index contributed by atoms with van der Waals surface area (Å²) in [6, 6.07) is 5.54. The van der Waals surface area contributed by atoms with Crippen LogP contribution in [0.1, 0.15) is 12.5 Å². The summed E-state index contributed by atoms with van der Waals surface area (Å²) in [5.41, 5.74) is -0.567. The summed E-state index contributed by atoms with van der Waals surface area (Å²) in [5, 5.41) is 9.77. The summed E-state index contributed by atoms with van der Waals surface area (Å²) >= 11 is 3.35. The van der Waals surface area contributed by atoms with E-state index < -0.39 is 11.6 Å². The zero-order valence-corrected chi connectivity index (χ0v) is 11.6. The molecule has 0 saturated heterocycles. The smallest absolute Gasteiger partial charge is 0.341 e. The normalized spacial score (nSPS) is 13.9. The molecule has 0 aliphatic heterocycles. The number of rotatable bonds is 4. The number of hydrogen-bond donors (Lipinski definition) is 1. The molecule has 0 saturated carbocycles. The van der Waals surface area contributed by atoms with Crippen molar-refractivity contribution >= 4 is 21.9 Å². The highest BCUT2D eigenvalue weighted by Crippen LogP contribution is 2.26. The molecule has 0 bridgehead atoms. The summed E-state index contributed by atoms with van der Waals surface area (Å²) in [4.78, 5) is 11.2. The molecule has 5 heteroatoms. The van der Waals surface area contributed by atoms with Gasteiger partial charge in [-0.1, -0.05) is 6.07 Å². The van der Waals surface area contributed by atoms with Gasteiger partial charge in [0.25, 0.3) is 0 Å². The Balaban J connectivity index is 2.70. The molecule has 1 unspecified atom stereocenters. The maximum Gasteiger partial charge on any atom is 0.341 e. The zero-order valence-electron chi connectivity index (χ0n) is 9.99. The van der Waals surface area contributed by atoms with Crippen LogP contribution in [0.25, 0.3) is 0 Å². The van der Waals surface area contributed by atoms with Crippen LogP contribution in [0.3, 0.4) is 0 Å². The number of carbonyl (C=O) groups is 1. The van der Waals surface area contributed by atoms with Crippen LogP contribution in [0.15, 0.2) is 22.7 Å². The first-order chi connectivity index (χ1) is 7.86. The predicted molar refractivity (Wildman–Crippen MR) is 67.0 cm³/mol. The second kappa shape index (κ2) is 5.51. The molecule has 4 nitrogen and oxygen atoms in total. The monoisotopic (exact) mass is 302 g/mol. The highest BCUT2D eigenvalue weighted by molar-refractivity contribution is 9.10. The number of ether oxygens (including phenoxy) is 2. The van der Waals surface area contributed by atoms with E-state index in [0.717, 1.165) is 10.0 Å². The SMILES string of the molecule is COC(=O)C(C)(O)COc1ccc(C)cc1Br. The van der Waals surface area contributed by atoms with Gasteiger partial charge in [0.2, 0.25) is 0 Å². The lowest BCUT2D eigenvalue weighted by atomic mass is 10.1. The molecule has 0 amide bonds. The van der Waals surface area contributed by atoms with E-state index in [9.17, 15) is 9.90 Å². The summed E-state index contributed by atoms with van der Waals surface area (Å²) < 4.78 is 10.6. The minimum absolute atomic E-state index is 0.165. The number of methoxy groups -OCH3 is 1. The number of halogens is 1. The van der Waals surface area contributed by atoms with E-state index in [1.807, 2.05) is 19.1 Å². The van der Waals surface area contributed by atoms with E-state index in [4.69, 9.17) is 4.74 Å². The molecule has 94 valence electrons. The summed E-state index contributed by atoms with van der Waals surface area (Å²) in [6.07, 6.45) is 0. The Bertz CT molecular complexity index is 415. The molecule has 0 radical (unpaired) electrons. The standard InChI is InChI=1S/C12H15BrO4/c1-8-4-5-10(9(13)6-8)17-7-12(2,15)11(14)16-3/h4-6,15H,7H2,1-3H3. The largest absolute Gasteiger partial charge is 0.489 e. The topological polar surface area (TPSA) is 55.8 Å². The van der Waals surface area contributed by atoms with Gasteiger partial charge in [-0.15, -0.1) is 0 Å². The van der Waals surface area contributed by atoms with E-state index in [1.165, 1.54) is 14.0 Å². The van der Waals surface area contributed by atoms with Crippen molar-refractivity contribution in [2.24, 2.45) is 0 Å². The van der Waals surface area contributed by atoms with E-state index >= 15 is 0 Å². The first-order valence-corrected chi connectivity index (χ1v) is 5.86. The van der Waals surface area contributed by atoms with Crippen LogP contribution in [-0.4, -0.2) is 30.4 Å². The van der Waals surface area contributed by atoms with Gasteiger partial charge in [-0.2, -0.15) is 0 Å². The summed E-state index contributed by atoms with van der Waals surface area (Å²) in [6.45, 7) is 3.14. The minimum atomic E-state index is -1.65. The third kappa shape index (κ3) is 3.71. The molecule has 17 heavy (non-hydrogen) atoms. The predicted octanol–water partition coefficient (Wildman–Crippen LogP) is 2.06. The van der Waals surface area contributed by atoms with Gasteiger partial charge >= 0.3 is 5.97 Å². The third-order valence-electron chi connectivity index (χ3n) is 2.22. The number of aliphatic hydroxyl groups is 1. The van der Waals surface area contributed by atoms with Gasteiger partial charge in [-0.25, -0.2) is 4.79 Å². The van der Waals surface area contributed by atoms with Crippen molar-refractivity contribution in [2.75, 3.05) is 13.7 Å². The van der Waals surface area contributed by atoms with Gasteiger partial charge < -0.3 is 14.6 Å². The van der Waals surface area contributed by atoms with Crippen molar-refractivity contribution in [3.8, 4) is 5.75 Å². The molecule has 0 aromatic heterocycles. The van der Waals surface area contributed by atoms with Crippen molar-refractivity contribution in [3.63, 3.8) is 0 Å². The van der Waals surface area contributed by atoms with E-state index in [2.05, 4.69) is 20.7 Å². The lowest BCUT2D eigenvalue weighted by Crippen LogP contribution is -2.42. The van der Waals surface area contributed by atoms with Gasteiger partial charge in [0.1, 0.15) is 12.4 Å². The highest BCUT2D eigenvalue weighted by Gasteiger charge is 2.32. The molecule has 0 fully saturated rings. The van der Waals surface area contributed by atoms with Crippen molar-refractivity contribution in [2.45, 2.75) is 19.4 Å². The number of benzene rings is 1. The lowest BCUT2D eigenvalue weighted by Gasteiger charge is -2.20. The fourth-order valence-electron chi connectivity index (χ4n) is 1.22. The molecule has 0 aliphatic carbocycles. The van der Waals surface area contributed by atoms with Crippen LogP contribution in [0.2, 0.25) is 0 Å². The Labute approximate surface area is 109 Å². The quantitative estimate of drug-likeness (QED) is 0.865. The zero-order chi connectivity index (χ0) is 13.1. The van der Waals surface area contributed by atoms with Crippen LogP contribution in [-0.2, 0) is 9.53 Å². The highest BCUT2D eigenvalue weighted by atomic mass is 79.9. The average molecular weight is 303 g/mol. The maximum absolute atomic E-state index is 11.2. The fourth-order valence-corrected chi connectivity index (χ4v) is 1.83. The molecule has 0 aliphatic rings. The molecule has 0 spiro atoms. The van der Waals surface area contributed by atoms with Gasteiger partial charge in [0.15, 0.2) is 5.60 Å². The summed E-state index contributed by atoms with van der Waals surface area (Å²) in [7, 11) is 1.22. The van der Waals surface area contributed by atoms with Crippen LogP contribution < -0.4 is 4.74 Å². The Kier molecular flexibility index (Phi) is 4.54. The molecule has 1 aromatic carbocycles. The Hall–Kier alpha value is -1.07. The van der Waals surface area contributed by atoms with Crippen LogP contribution in [0.4, 0.5) is 0 Å². The molecule has 1 atom stereocenters. The molecule has 1 rings (SSSR count). The lowest BCUT2D eigenvalue weighted by molar-refractivity contribution is -0.163. The number of carbonyl (C=O) groups excluding carboxylic acids is 1. The van der Waals surface area contributed by atoms with E-state index in [1.54, 1.807) is 6.07 Å². The molecular formula is C12H15BrO4. The number of hydrogen-bond acceptors (Lipinski definition) is 4. The number of aryl methyl sites for hydroxylation is 1. The van der Waals surface area contributed by atoms with Crippen LogP contribution >= 0.6 is 15.9 Å². The second-order valence-corrected chi connectivity index (χ2v) is 4.84. The van der Waals surface area contributed by atoms with Gasteiger partial charge in [0, 0.05) is 0 Å². The average Bonchev–Trinajstić information content (AvgIpc) is 2.26. The van der Waals surface area contributed by atoms with Crippen molar-refractivity contribution in [1.29, 1.82) is 0 Å². The Morgan fingerprint density at radius 2 is 2.18 bits per heavy atom. The minimum Gasteiger partial charge on any atom is -0.489 e. The van der Waals surface area contributed by atoms with Crippen molar-refractivity contribution < 1.29 is 19.4 Å². The fraction of sp³-hybridized carbons (Fsp3) is 0.417. The van der Waals surface area contributed by atoms with Crippen molar-refractivity contribution in [1.82, 2.24) is 0 Å². The van der Waals surface area contributed by atoms with Gasteiger partial charge in [-0.3, -0.25) is 0 Å². The van der Waals surface area contributed by atoms with Gasteiger partial charge in [-0.05, 0) is 47.5 Å². The maximum atomic E-state index is 11.2. The number of esters is 1. The van der Waals surface area contributed by atoms with Crippen LogP contribution in [0, 0.1) is 6.92 Å². The Morgan fingerprint density at radius 3 is 2.71 bits per heavy atom. The van der Waals surface area contributed by atoms with E-state index in [-0.39, 0.29) is 6.61 Å². The van der Waals surface area contributed by atoms with Crippen LogP contribution in [0.5, 0.6) is 5.75 Å². The molecular weight excluding hydrogens is 288 g/mol. The Morgan fingerprint density at radius 1 is 1.53 bits per heavy atom. The first-order valence-electron chi connectivity index (χ1n) is 5.06. The molecule has 1 aromatic rings. The first kappa shape index (κ1) is 14.0. The third-order valence-corrected chi connectivity index (χ3v) is 2.84. The van der Waals surface area contributed by atoms with Gasteiger partial charge in [0.05, 0.1) is 11.6 Å². The summed E-state index contributed by atoms with van der Waals surface area (Å²) in [5.74, 6) is -0.152. The molecule has 0 heterocycles.